The van der Waals surface area contributed by atoms with Crippen LogP contribution in [0.4, 0.5) is 0 Å². The molecule has 2 fully saturated rings. The molecular formula is C36H42O14. The summed E-state index contributed by atoms with van der Waals surface area (Å²) in [7, 11) is 4.30. The fourth-order valence-electron chi connectivity index (χ4n) is 6.08. The summed E-state index contributed by atoms with van der Waals surface area (Å²) in [6.45, 7) is -0.200. The Bertz CT molecular complexity index is 1640. The van der Waals surface area contributed by atoms with E-state index in [1.165, 1.54) is 45.6 Å². The molecule has 0 unspecified atom stereocenters. The van der Waals surface area contributed by atoms with Crippen molar-refractivity contribution < 1.29 is 68.6 Å². The van der Waals surface area contributed by atoms with Crippen molar-refractivity contribution in [1.82, 2.24) is 0 Å². The summed E-state index contributed by atoms with van der Waals surface area (Å²) in [5, 5.41) is 61.7. The largest absolute Gasteiger partial charge is 0.504 e. The number of benzene rings is 3. The molecule has 2 saturated heterocycles. The van der Waals surface area contributed by atoms with Gasteiger partial charge in [0.2, 0.25) is 6.29 Å². The van der Waals surface area contributed by atoms with Gasteiger partial charge in [-0.25, -0.2) is 4.79 Å². The summed E-state index contributed by atoms with van der Waals surface area (Å²) >= 11 is 0. The molecule has 2 aliphatic heterocycles. The second-order valence-electron chi connectivity index (χ2n) is 12.0. The SMILES string of the molecule is COc1cc(/C=C/C(=O)OC[C@H]2O[C@@H](Oc3ccc(C[C@H]4CO[C@H](c5ccc(O)c(OC)c5)[C@H]4CO)cc3OC)[C@H](O)[C@@H](O)[C@@H]2O)ccc1O. The monoisotopic (exact) mass is 698 g/mol. The molecule has 3 aromatic rings. The minimum Gasteiger partial charge on any atom is -0.504 e. The summed E-state index contributed by atoms with van der Waals surface area (Å²) in [6.07, 6.45) is -4.91. The summed E-state index contributed by atoms with van der Waals surface area (Å²) < 4.78 is 38.8. The van der Waals surface area contributed by atoms with Crippen molar-refractivity contribution in [3.63, 3.8) is 0 Å². The first kappa shape index (κ1) is 36.7. The Hall–Kier alpha value is -4.57. The average Bonchev–Trinajstić information content (AvgIpc) is 3.53. The van der Waals surface area contributed by atoms with Gasteiger partial charge < -0.3 is 63.8 Å². The van der Waals surface area contributed by atoms with E-state index in [-0.39, 0.29) is 41.4 Å². The minimum absolute atomic E-state index is 0.00840. The van der Waals surface area contributed by atoms with Crippen LogP contribution in [0, 0.1) is 11.8 Å². The number of aliphatic hydroxyl groups excluding tert-OH is 4. The van der Waals surface area contributed by atoms with Gasteiger partial charge in [0.1, 0.15) is 31.0 Å². The molecule has 6 N–H and O–H groups in total. The first-order valence-corrected chi connectivity index (χ1v) is 15.9. The number of carbonyl (C=O) groups excluding carboxylic acids is 1. The molecule has 2 aliphatic rings. The van der Waals surface area contributed by atoms with Crippen LogP contribution in [0.15, 0.2) is 60.7 Å². The molecular weight excluding hydrogens is 656 g/mol. The standard InChI is InChI=1S/C36H42O14/c1-44-27-13-19(4-8-24(27)38)6-11-31(40)47-18-30-32(41)33(42)34(43)36(50-30)49-26-10-5-20(14-29(26)46-3)12-22-17-48-35(23(22)16-37)21-7-9-25(39)28(15-21)45-2/h4-11,13-15,22-23,30,32-39,41-43H,12,16-18H2,1-3H3/b11-6+/t22-,23-,30+,32+,33-,34+,35+,36+/m0/s1. The van der Waals surface area contributed by atoms with Crippen molar-refractivity contribution in [3.05, 3.63) is 77.4 Å². The van der Waals surface area contributed by atoms with Gasteiger partial charge in [-0.2, -0.15) is 0 Å². The topological polar surface area (TPSA) is 203 Å². The predicted molar refractivity (Wildman–Crippen MR) is 176 cm³/mol. The van der Waals surface area contributed by atoms with Crippen LogP contribution in [0.5, 0.6) is 34.5 Å². The van der Waals surface area contributed by atoms with Crippen LogP contribution in [-0.2, 0) is 25.4 Å². The number of hydrogen-bond donors (Lipinski definition) is 6. The van der Waals surface area contributed by atoms with E-state index >= 15 is 0 Å². The molecule has 0 saturated carbocycles. The first-order chi connectivity index (χ1) is 24.1. The van der Waals surface area contributed by atoms with Gasteiger partial charge in [0, 0.05) is 18.6 Å². The molecule has 14 heteroatoms. The minimum atomic E-state index is -1.68. The fourth-order valence-corrected chi connectivity index (χ4v) is 6.08. The second-order valence-corrected chi connectivity index (χ2v) is 12.0. The molecule has 0 amide bonds. The fraction of sp³-hybridized carbons (Fsp3) is 0.417. The van der Waals surface area contributed by atoms with Crippen LogP contribution in [-0.4, -0.2) is 108 Å². The molecule has 0 bridgehead atoms. The molecule has 270 valence electrons. The number of phenols is 2. The smallest absolute Gasteiger partial charge is 0.330 e. The van der Waals surface area contributed by atoms with Crippen LogP contribution in [0.1, 0.15) is 22.8 Å². The van der Waals surface area contributed by atoms with Gasteiger partial charge in [0.25, 0.3) is 0 Å². The van der Waals surface area contributed by atoms with Crippen molar-refractivity contribution in [3.8, 4) is 34.5 Å². The molecule has 0 aromatic heterocycles. The van der Waals surface area contributed by atoms with Crippen LogP contribution in [0.25, 0.3) is 6.08 Å². The number of methoxy groups -OCH3 is 3. The maximum atomic E-state index is 12.4. The van der Waals surface area contributed by atoms with Crippen LogP contribution < -0.4 is 18.9 Å². The maximum Gasteiger partial charge on any atom is 0.330 e. The Morgan fingerprint density at radius 3 is 2.24 bits per heavy atom. The third-order valence-corrected chi connectivity index (χ3v) is 8.87. The van der Waals surface area contributed by atoms with Crippen molar-refractivity contribution in [2.75, 3.05) is 41.2 Å². The Balaban J connectivity index is 1.21. The molecule has 2 heterocycles. The summed E-state index contributed by atoms with van der Waals surface area (Å²) in [6, 6.07) is 14.6. The molecule has 5 rings (SSSR count). The van der Waals surface area contributed by atoms with Gasteiger partial charge in [0.15, 0.2) is 34.5 Å². The molecule has 3 aromatic carbocycles. The normalized spacial score (nSPS) is 26.5. The number of aliphatic hydroxyl groups is 4. The van der Waals surface area contributed by atoms with Crippen molar-refractivity contribution in [2.24, 2.45) is 11.8 Å². The summed E-state index contributed by atoms with van der Waals surface area (Å²) in [5.74, 6) is -0.0772. The van der Waals surface area contributed by atoms with E-state index < -0.39 is 49.4 Å². The lowest BCUT2D eigenvalue weighted by Gasteiger charge is -2.40. The molecule has 50 heavy (non-hydrogen) atoms. The van der Waals surface area contributed by atoms with Gasteiger partial charge in [-0.05, 0) is 71.5 Å². The van der Waals surface area contributed by atoms with Gasteiger partial charge in [-0.3, -0.25) is 0 Å². The van der Waals surface area contributed by atoms with E-state index in [4.69, 9.17) is 33.2 Å². The highest BCUT2D eigenvalue weighted by atomic mass is 16.7. The van der Waals surface area contributed by atoms with Crippen LogP contribution in [0.3, 0.4) is 0 Å². The van der Waals surface area contributed by atoms with Gasteiger partial charge in [0.05, 0.1) is 34.0 Å². The quantitative estimate of drug-likeness (QED) is 0.112. The number of hydrogen-bond acceptors (Lipinski definition) is 14. The third kappa shape index (κ3) is 8.24. The zero-order valence-corrected chi connectivity index (χ0v) is 27.7. The lowest BCUT2D eigenvalue weighted by atomic mass is 9.84. The maximum absolute atomic E-state index is 12.4. The van der Waals surface area contributed by atoms with Crippen molar-refractivity contribution >= 4 is 12.0 Å². The van der Waals surface area contributed by atoms with E-state index in [9.17, 15) is 35.4 Å². The molecule has 14 nitrogen and oxygen atoms in total. The highest BCUT2D eigenvalue weighted by Gasteiger charge is 2.46. The Labute approximate surface area is 288 Å². The third-order valence-electron chi connectivity index (χ3n) is 8.87. The molecule has 0 spiro atoms. The summed E-state index contributed by atoms with van der Waals surface area (Å²) in [4.78, 5) is 12.4. The number of rotatable bonds is 13. The van der Waals surface area contributed by atoms with Crippen molar-refractivity contribution in [2.45, 2.75) is 43.2 Å². The number of carbonyl (C=O) groups is 1. The first-order valence-electron chi connectivity index (χ1n) is 15.9. The van der Waals surface area contributed by atoms with Crippen molar-refractivity contribution in [1.29, 1.82) is 0 Å². The zero-order valence-electron chi connectivity index (χ0n) is 27.7. The van der Waals surface area contributed by atoms with E-state index in [1.54, 1.807) is 36.4 Å². The Kier molecular flexibility index (Phi) is 12.1. The predicted octanol–water partition coefficient (Wildman–Crippen LogP) is 2.11. The molecule has 0 radical (unpaired) electrons. The van der Waals surface area contributed by atoms with Gasteiger partial charge in [-0.15, -0.1) is 0 Å². The van der Waals surface area contributed by atoms with E-state index in [2.05, 4.69) is 0 Å². The van der Waals surface area contributed by atoms with E-state index in [0.717, 1.165) is 17.2 Å². The number of aromatic hydroxyl groups is 2. The highest BCUT2D eigenvalue weighted by molar-refractivity contribution is 5.87. The zero-order chi connectivity index (χ0) is 35.9. The van der Waals surface area contributed by atoms with Gasteiger partial charge in [-0.1, -0.05) is 18.2 Å². The second kappa shape index (κ2) is 16.4. The highest BCUT2D eigenvalue weighted by Crippen LogP contribution is 2.43. The summed E-state index contributed by atoms with van der Waals surface area (Å²) in [5.41, 5.74) is 2.19. The number of phenolic OH excluding ortho intramolecular Hbond substituents is 2. The number of esters is 1. The lowest BCUT2D eigenvalue weighted by Crippen LogP contribution is -2.60. The lowest BCUT2D eigenvalue weighted by molar-refractivity contribution is -0.278. The average molecular weight is 699 g/mol. The molecule has 0 aliphatic carbocycles. The Morgan fingerprint density at radius 2 is 1.54 bits per heavy atom. The van der Waals surface area contributed by atoms with Gasteiger partial charge >= 0.3 is 5.97 Å². The van der Waals surface area contributed by atoms with Crippen LogP contribution in [0.2, 0.25) is 0 Å². The van der Waals surface area contributed by atoms with E-state index in [0.29, 0.717) is 30.1 Å². The Morgan fingerprint density at radius 1 is 0.840 bits per heavy atom. The molecule has 8 atom stereocenters. The number of ether oxygens (including phenoxy) is 7. The van der Waals surface area contributed by atoms with E-state index in [1.807, 2.05) is 0 Å². The van der Waals surface area contributed by atoms with Crippen LogP contribution >= 0.6 is 0 Å².